The molecule has 4 unspecified atom stereocenters. The summed E-state index contributed by atoms with van der Waals surface area (Å²) in [6.07, 6.45) is 2.84. The van der Waals surface area contributed by atoms with Crippen LogP contribution in [0.1, 0.15) is 38.9 Å². The maximum absolute atomic E-state index is 6.41. The van der Waals surface area contributed by atoms with E-state index in [4.69, 9.17) is 5.73 Å². The van der Waals surface area contributed by atoms with E-state index in [2.05, 4.69) is 54.7 Å². The molecule has 0 bridgehead atoms. The Kier molecular flexibility index (Phi) is 5.13. The molecule has 1 aliphatic rings. The zero-order valence-corrected chi connectivity index (χ0v) is 13.2. The van der Waals surface area contributed by atoms with Crippen LogP contribution in [0.5, 0.6) is 0 Å². The molecule has 20 heavy (non-hydrogen) atoms. The molecule has 112 valence electrons. The van der Waals surface area contributed by atoms with Gasteiger partial charge in [0, 0.05) is 37.4 Å². The van der Waals surface area contributed by atoms with Crippen LogP contribution in [-0.4, -0.2) is 53.0 Å². The van der Waals surface area contributed by atoms with Crippen LogP contribution in [0.15, 0.2) is 24.4 Å². The Balaban J connectivity index is 2.24. The van der Waals surface area contributed by atoms with Crippen LogP contribution in [0.3, 0.4) is 0 Å². The van der Waals surface area contributed by atoms with Gasteiger partial charge in [0.05, 0.1) is 11.7 Å². The van der Waals surface area contributed by atoms with E-state index >= 15 is 0 Å². The van der Waals surface area contributed by atoms with Crippen LogP contribution in [0.2, 0.25) is 0 Å². The first-order valence-corrected chi connectivity index (χ1v) is 7.67. The van der Waals surface area contributed by atoms with Gasteiger partial charge >= 0.3 is 0 Å². The molecule has 0 aliphatic carbocycles. The molecule has 1 aromatic rings. The molecule has 0 radical (unpaired) electrons. The van der Waals surface area contributed by atoms with Gasteiger partial charge in [-0.15, -0.1) is 0 Å². The van der Waals surface area contributed by atoms with Gasteiger partial charge in [0.1, 0.15) is 0 Å². The lowest BCUT2D eigenvalue weighted by molar-refractivity contribution is 0.0242. The Hall–Kier alpha value is -0.970. The molecule has 0 spiro atoms. The normalized spacial score (nSPS) is 28.2. The fraction of sp³-hybridized carbons (Fsp3) is 0.688. The van der Waals surface area contributed by atoms with Crippen LogP contribution < -0.4 is 5.73 Å². The zero-order valence-electron chi connectivity index (χ0n) is 13.2. The minimum absolute atomic E-state index is 0.132. The molecule has 1 fully saturated rings. The highest BCUT2D eigenvalue weighted by atomic mass is 15.3. The predicted octanol–water partition coefficient (Wildman–Crippen LogP) is 1.88. The summed E-state index contributed by atoms with van der Waals surface area (Å²) in [5.41, 5.74) is 7.51. The molecule has 0 saturated carbocycles. The summed E-state index contributed by atoms with van der Waals surface area (Å²) in [5.74, 6) is 0. The summed E-state index contributed by atoms with van der Waals surface area (Å²) in [6, 6.07) is 7.58. The third-order valence-corrected chi connectivity index (χ3v) is 4.65. The maximum Gasteiger partial charge on any atom is 0.0674 e. The SMILES string of the molecule is CCC(N)C(c1ccccn1)N1CC(C)N(C)C(C)C1. The number of rotatable bonds is 4. The zero-order chi connectivity index (χ0) is 14.7. The van der Waals surface area contributed by atoms with Gasteiger partial charge in [-0.2, -0.15) is 0 Å². The van der Waals surface area contributed by atoms with Crippen molar-refractivity contribution in [1.82, 2.24) is 14.8 Å². The first-order chi connectivity index (χ1) is 9.54. The summed E-state index contributed by atoms with van der Waals surface area (Å²) >= 11 is 0. The van der Waals surface area contributed by atoms with E-state index in [1.165, 1.54) is 0 Å². The number of piperazine rings is 1. The molecule has 2 N–H and O–H groups in total. The highest BCUT2D eigenvalue weighted by molar-refractivity contribution is 5.12. The van der Waals surface area contributed by atoms with Crippen molar-refractivity contribution in [2.45, 2.75) is 51.4 Å². The van der Waals surface area contributed by atoms with E-state index < -0.39 is 0 Å². The average Bonchev–Trinajstić information content (AvgIpc) is 2.46. The fourth-order valence-electron chi connectivity index (χ4n) is 3.12. The summed E-state index contributed by atoms with van der Waals surface area (Å²) in [7, 11) is 2.21. The fourth-order valence-corrected chi connectivity index (χ4v) is 3.12. The number of nitrogens with two attached hydrogens (primary N) is 1. The number of hydrogen-bond acceptors (Lipinski definition) is 4. The minimum atomic E-state index is 0.132. The van der Waals surface area contributed by atoms with Gasteiger partial charge in [0.25, 0.3) is 0 Å². The summed E-state index contributed by atoms with van der Waals surface area (Å²) < 4.78 is 0. The van der Waals surface area contributed by atoms with Gasteiger partial charge in [-0.3, -0.25) is 14.8 Å². The van der Waals surface area contributed by atoms with E-state index in [9.17, 15) is 0 Å². The number of likely N-dealkylation sites (N-methyl/N-ethyl adjacent to an activating group) is 1. The average molecular weight is 276 g/mol. The van der Waals surface area contributed by atoms with Crippen molar-refractivity contribution >= 4 is 0 Å². The van der Waals surface area contributed by atoms with Gasteiger partial charge in [-0.1, -0.05) is 13.0 Å². The van der Waals surface area contributed by atoms with Crippen LogP contribution in [0.4, 0.5) is 0 Å². The summed E-state index contributed by atoms with van der Waals surface area (Å²) in [6.45, 7) is 8.83. The number of aromatic nitrogens is 1. The Labute approximate surface area is 123 Å². The smallest absolute Gasteiger partial charge is 0.0674 e. The Morgan fingerprint density at radius 3 is 2.45 bits per heavy atom. The van der Waals surface area contributed by atoms with Crippen LogP contribution >= 0.6 is 0 Å². The first kappa shape index (κ1) is 15.4. The number of nitrogens with zero attached hydrogens (tertiary/aromatic N) is 3. The number of hydrogen-bond donors (Lipinski definition) is 1. The van der Waals surface area contributed by atoms with Gasteiger partial charge in [-0.05, 0) is 39.4 Å². The monoisotopic (exact) mass is 276 g/mol. The Morgan fingerprint density at radius 2 is 1.95 bits per heavy atom. The molecule has 4 heteroatoms. The highest BCUT2D eigenvalue weighted by Crippen LogP contribution is 2.27. The summed E-state index contributed by atoms with van der Waals surface area (Å²) in [4.78, 5) is 9.52. The summed E-state index contributed by atoms with van der Waals surface area (Å²) in [5, 5.41) is 0. The van der Waals surface area contributed by atoms with Crippen molar-refractivity contribution in [2.75, 3.05) is 20.1 Å². The Bertz CT molecular complexity index is 396. The van der Waals surface area contributed by atoms with E-state index in [0.717, 1.165) is 25.2 Å². The van der Waals surface area contributed by atoms with Gasteiger partial charge in [0.15, 0.2) is 0 Å². The van der Waals surface area contributed by atoms with E-state index in [0.29, 0.717) is 12.1 Å². The third-order valence-electron chi connectivity index (χ3n) is 4.65. The van der Waals surface area contributed by atoms with E-state index in [1.807, 2.05) is 12.3 Å². The lowest BCUT2D eigenvalue weighted by atomic mass is 9.97. The maximum atomic E-state index is 6.41. The lowest BCUT2D eigenvalue weighted by Crippen LogP contribution is -2.57. The van der Waals surface area contributed by atoms with Crippen molar-refractivity contribution in [1.29, 1.82) is 0 Å². The second-order valence-electron chi connectivity index (χ2n) is 6.09. The van der Waals surface area contributed by atoms with Crippen molar-refractivity contribution in [2.24, 2.45) is 5.73 Å². The van der Waals surface area contributed by atoms with Crippen molar-refractivity contribution < 1.29 is 0 Å². The minimum Gasteiger partial charge on any atom is -0.326 e. The second kappa shape index (κ2) is 6.66. The predicted molar refractivity (Wildman–Crippen MR) is 83.5 cm³/mol. The van der Waals surface area contributed by atoms with Crippen LogP contribution in [0, 0.1) is 0 Å². The molecular weight excluding hydrogens is 248 g/mol. The topological polar surface area (TPSA) is 45.4 Å². The highest BCUT2D eigenvalue weighted by Gasteiger charge is 2.34. The van der Waals surface area contributed by atoms with Crippen molar-refractivity contribution in [3.8, 4) is 0 Å². The van der Waals surface area contributed by atoms with Crippen LogP contribution in [-0.2, 0) is 0 Å². The third kappa shape index (κ3) is 3.19. The van der Waals surface area contributed by atoms with Crippen molar-refractivity contribution in [3.05, 3.63) is 30.1 Å². The molecule has 0 aromatic carbocycles. The van der Waals surface area contributed by atoms with Gasteiger partial charge < -0.3 is 5.73 Å². The second-order valence-corrected chi connectivity index (χ2v) is 6.09. The molecule has 4 atom stereocenters. The standard InChI is InChI=1S/C16H28N4/c1-5-14(17)16(15-8-6-7-9-18-15)20-10-12(2)19(4)13(3)11-20/h6-9,12-14,16H,5,10-11,17H2,1-4H3. The molecule has 0 amide bonds. The first-order valence-electron chi connectivity index (χ1n) is 7.67. The van der Waals surface area contributed by atoms with E-state index in [1.54, 1.807) is 0 Å². The Morgan fingerprint density at radius 1 is 1.30 bits per heavy atom. The molecule has 1 saturated heterocycles. The quantitative estimate of drug-likeness (QED) is 0.912. The number of pyridine rings is 1. The molecule has 2 heterocycles. The molecule has 4 nitrogen and oxygen atoms in total. The lowest BCUT2D eigenvalue weighted by Gasteiger charge is -2.46. The molecule has 2 rings (SSSR count). The van der Waals surface area contributed by atoms with Crippen molar-refractivity contribution in [3.63, 3.8) is 0 Å². The molecular formula is C16H28N4. The van der Waals surface area contributed by atoms with Crippen LogP contribution in [0.25, 0.3) is 0 Å². The largest absolute Gasteiger partial charge is 0.326 e. The molecule has 1 aromatic heterocycles. The van der Waals surface area contributed by atoms with E-state index in [-0.39, 0.29) is 12.1 Å². The molecule has 1 aliphatic heterocycles. The van der Waals surface area contributed by atoms with Gasteiger partial charge in [0.2, 0.25) is 0 Å². The van der Waals surface area contributed by atoms with Gasteiger partial charge in [-0.25, -0.2) is 0 Å².